The monoisotopic (exact) mass is 530 g/mol. The van der Waals surface area contributed by atoms with E-state index in [1.165, 1.54) is 59.2 Å². The molecule has 2 heteroatoms. The molecular weight excluding hydrogens is 494 g/mol. The maximum absolute atomic E-state index is 2.40. The zero-order valence-electron chi connectivity index (χ0n) is 22.0. The number of hydrogen-bond acceptors (Lipinski definition) is 0. The molecule has 0 bridgehead atoms. The van der Waals surface area contributed by atoms with Crippen LogP contribution in [0.3, 0.4) is 0 Å². The lowest BCUT2D eigenvalue weighted by Gasteiger charge is -2.23. The van der Waals surface area contributed by atoms with E-state index < -0.39 is 0 Å². The van der Waals surface area contributed by atoms with Crippen molar-refractivity contribution in [2.75, 3.05) is 0 Å². The first-order valence-corrected chi connectivity index (χ1v) is 17.3. The molecule has 0 radical (unpaired) electrons. The van der Waals surface area contributed by atoms with Gasteiger partial charge in [0.2, 0.25) is 0 Å². The molecule has 0 fully saturated rings. The van der Waals surface area contributed by atoms with Gasteiger partial charge in [0.05, 0.1) is 0 Å². The van der Waals surface area contributed by atoms with Gasteiger partial charge in [-0.1, -0.05) is 161 Å². The fourth-order valence-corrected chi connectivity index (χ4v) is 10.2. The summed E-state index contributed by atoms with van der Waals surface area (Å²) in [5.74, 6) is 0. The molecule has 0 heterocycles. The van der Waals surface area contributed by atoms with Gasteiger partial charge in [-0.25, -0.2) is 0 Å². The normalized spacial score (nSPS) is 11.2. The summed E-state index contributed by atoms with van der Waals surface area (Å²) in [6.07, 6.45) is 7.03. The van der Waals surface area contributed by atoms with E-state index in [-0.39, 0.29) is 15.8 Å². The summed E-state index contributed by atoms with van der Waals surface area (Å²) in [6, 6.07) is 53.6. The zero-order valence-corrected chi connectivity index (χ0v) is 23.8. The minimum absolute atomic E-state index is 0.220. The third-order valence-electron chi connectivity index (χ3n) is 6.90. The highest BCUT2D eigenvalue weighted by Crippen LogP contribution is 2.50. The van der Waals surface area contributed by atoms with Crippen molar-refractivity contribution in [2.45, 2.75) is 37.0 Å². The summed E-state index contributed by atoms with van der Waals surface area (Å²) in [4.78, 5) is 0. The SMILES string of the molecule is c1ccc(CP(Cc2ccccc2)Cc2ccccc2CP(Cc2ccccc2)Cc2ccccc2)cc1. The van der Waals surface area contributed by atoms with Crippen LogP contribution in [0.5, 0.6) is 0 Å². The molecule has 0 nitrogen and oxygen atoms in total. The molecule has 0 unspecified atom stereocenters. The highest BCUT2D eigenvalue weighted by Gasteiger charge is 2.17. The van der Waals surface area contributed by atoms with E-state index in [2.05, 4.69) is 146 Å². The second-order valence-electron chi connectivity index (χ2n) is 10.0. The Bertz CT molecular complexity index is 1160. The van der Waals surface area contributed by atoms with Crippen LogP contribution >= 0.6 is 15.8 Å². The topological polar surface area (TPSA) is 0 Å². The molecule has 0 aliphatic heterocycles. The summed E-state index contributed by atoms with van der Waals surface area (Å²) in [6.45, 7) is 0. The highest BCUT2D eigenvalue weighted by molar-refractivity contribution is 7.55. The Hall–Kier alpha value is -3.04. The molecule has 0 atom stereocenters. The van der Waals surface area contributed by atoms with Gasteiger partial charge < -0.3 is 0 Å². The molecule has 0 saturated carbocycles. The van der Waals surface area contributed by atoms with Crippen LogP contribution in [-0.4, -0.2) is 0 Å². The Labute approximate surface area is 231 Å². The van der Waals surface area contributed by atoms with E-state index in [1.54, 1.807) is 11.1 Å². The third kappa shape index (κ3) is 8.23. The fourth-order valence-electron chi connectivity index (χ4n) is 5.05. The van der Waals surface area contributed by atoms with E-state index >= 15 is 0 Å². The first-order chi connectivity index (χ1) is 18.8. The summed E-state index contributed by atoms with van der Waals surface area (Å²) < 4.78 is 0. The van der Waals surface area contributed by atoms with E-state index in [0.29, 0.717) is 0 Å². The molecule has 0 aliphatic rings. The van der Waals surface area contributed by atoms with Crippen molar-refractivity contribution in [1.82, 2.24) is 0 Å². The van der Waals surface area contributed by atoms with Crippen LogP contribution in [-0.2, 0) is 37.0 Å². The van der Waals surface area contributed by atoms with E-state index in [4.69, 9.17) is 0 Å². The van der Waals surface area contributed by atoms with Gasteiger partial charge in [0.15, 0.2) is 0 Å². The van der Waals surface area contributed by atoms with E-state index in [9.17, 15) is 0 Å². The second kappa shape index (κ2) is 14.2. The molecule has 0 aromatic heterocycles. The molecule has 190 valence electrons. The summed E-state index contributed by atoms with van der Waals surface area (Å²) in [5, 5.41) is 0. The van der Waals surface area contributed by atoms with Crippen molar-refractivity contribution >= 4 is 15.8 Å². The van der Waals surface area contributed by atoms with Gasteiger partial charge in [-0.2, -0.15) is 0 Å². The van der Waals surface area contributed by atoms with Crippen molar-refractivity contribution in [1.29, 1.82) is 0 Å². The molecule has 0 spiro atoms. The largest absolute Gasteiger partial charge is 0.0932 e. The van der Waals surface area contributed by atoms with Crippen LogP contribution in [0.15, 0.2) is 146 Å². The summed E-state index contributed by atoms with van der Waals surface area (Å²) in [5.41, 5.74) is 8.95. The van der Waals surface area contributed by atoms with Crippen LogP contribution in [0.2, 0.25) is 0 Å². The standard InChI is InChI=1S/C36H36P2/c1-5-15-31(16-6-1)25-37(26-32-17-7-2-8-18-32)29-35-23-13-14-24-36(35)30-38(27-33-19-9-3-10-20-33)28-34-21-11-4-12-22-34/h1-24H,25-30H2. The predicted molar refractivity (Wildman–Crippen MR) is 168 cm³/mol. The van der Waals surface area contributed by atoms with Gasteiger partial charge in [0, 0.05) is 0 Å². The molecule has 0 aliphatic carbocycles. The average Bonchev–Trinajstić information content (AvgIpc) is 2.96. The molecular formula is C36H36P2. The maximum atomic E-state index is 2.40. The Morgan fingerprint density at radius 2 is 0.500 bits per heavy atom. The molecule has 0 amide bonds. The minimum atomic E-state index is -0.220. The van der Waals surface area contributed by atoms with Crippen molar-refractivity contribution in [3.05, 3.63) is 179 Å². The molecule has 0 saturated heterocycles. The molecule has 0 N–H and O–H groups in total. The average molecular weight is 531 g/mol. The predicted octanol–water partition coefficient (Wildman–Crippen LogP) is 10.5. The van der Waals surface area contributed by atoms with Crippen LogP contribution in [0.4, 0.5) is 0 Å². The number of rotatable bonds is 12. The van der Waals surface area contributed by atoms with Crippen LogP contribution in [0.1, 0.15) is 33.4 Å². The molecule has 5 aromatic carbocycles. The fraction of sp³-hybridized carbons (Fsp3) is 0.167. The Balaban J connectivity index is 1.38. The number of hydrogen-bond donors (Lipinski definition) is 0. The van der Waals surface area contributed by atoms with Crippen molar-refractivity contribution < 1.29 is 0 Å². The van der Waals surface area contributed by atoms with Crippen molar-refractivity contribution in [2.24, 2.45) is 0 Å². The van der Waals surface area contributed by atoms with E-state index in [0.717, 1.165) is 0 Å². The number of benzene rings is 5. The molecule has 5 aromatic rings. The Morgan fingerprint density at radius 3 is 0.763 bits per heavy atom. The summed E-state index contributed by atoms with van der Waals surface area (Å²) in [7, 11) is -0.439. The van der Waals surface area contributed by atoms with Crippen LogP contribution < -0.4 is 0 Å². The summed E-state index contributed by atoms with van der Waals surface area (Å²) >= 11 is 0. The van der Waals surface area contributed by atoms with Crippen molar-refractivity contribution in [3.8, 4) is 0 Å². The second-order valence-corrected chi connectivity index (χ2v) is 14.6. The quantitative estimate of drug-likeness (QED) is 0.141. The van der Waals surface area contributed by atoms with Gasteiger partial charge >= 0.3 is 0 Å². The zero-order chi connectivity index (χ0) is 25.8. The first kappa shape index (κ1) is 26.6. The van der Waals surface area contributed by atoms with E-state index in [1.807, 2.05) is 0 Å². The smallest absolute Gasteiger partial charge is 0.00643 e. The van der Waals surface area contributed by atoms with Gasteiger partial charge in [0.25, 0.3) is 0 Å². The third-order valence-corrected chi connectivity index (χ3v) is 11.7. The van der Waals surface area contributed by atoms with Crippen LogP contribution in [0, 0.1) is 0 Å². The highest BCUT2D eigenvalue weighted by atomic mass is 31.1. The van der Waals surface area contributed by atoms with Gasteiger partial charge in [-0.05, 0) is 70.4 Å². The lowest BCUT2D eigenvalue weighted by molar-refractivity contribution is 1.20. The lowest BCUT2D eigenvalue weighted by Crippen LogP contribution is -1.99. The van der Waals surface area contributed by atoms with Crippen molar-refractivity contribution in [3.63, 3.8) is 0 Å². The molecule has 38 heavy (non-hydrogen) atoms. The van der Waals surface area contributed by atoms with Crippen LogP contribution in [0.25, 0.3) is 0 Å². The molecule has 5 rings (SSSR count). The maximum Gasteiger partial charge on any atom is -0.00643 e. The Morgan fingerprint density at radius 1 is 0.263 bits per heavy atom. The van der Waals surface area contributed by atoms with Gasteiger partial charge in [0.1, 0.15) is 0 Å². The van der Waals surface area contributed by atoms with Gasteiger partial charge in [-0.3, -0.25) is 0 Å². The van der Waals surface area contributed by atoms with Gasteiger partial charge in [-0.15, -0.1) is 0 Å². The minimum Gasteiger partial charge on any atom is -0.0932 e. The lowest BCUT2D eigenvalue weighted by atomic mass is 10.1. The first-order valence-electron chi connectivity index (χ1n) is 13.5. The Kier molecular flexibility index (Phi) is 9.93.